The Hall–Kier alpha value is -6.20. The molecule has 2 N–H and O–H groups in total. The smallest absolute Gasteiger partial charge is 0.247 e. The molecule has 4 aromatic carbocycles. The zero-order chi connectivity index (χ0) is 34.3. The molecule has 1 aliphatic rings. The van der Waals surface area contributed by atoms with Gasteiger partial charge in [-0.25, -0.2) is 4.98 Å². The Morgan fingerprint density at radius 1 is 0.900 bits per heavy atom. The van der Waals surface area contributed by atoms with Crippen molar-refractivity contribution in [2.24, 2.45) is 0 Å². The predicted molar refractivity (Wildman–Crippen MR) is 198 cm³/mol. The number of nitrogens with zero attached hydrogens (tertiary/aromatic N) is 6. The van der Waals surface area contributed by atoms with Gasteiger partial charge in [0.15, 0.2) is 17.0 Å². The van der Waals surface area contributed by atoms with E-state index in [1.54, 1.807) is 13.4 Å². The van der Waals surface area contributed by atoms with E-state index in [2.05, 4.69) is 57.3 Å². The second-order valence-electron chi connectivity index (χ2n) is 11.8. The van der Waals surface area contributed by atoms with Crippen LogP contribution in [0.4, 0.5) is 28.8 Å². The van der Waals surface area contributed by atoms with Crippen LogP contribution in [0.25, 0.3) is 16.9 Å². The number of amides is 1. The summed E-state index contributed by atoms with van der Waals surface area (Å²) in [7, 11) is 1.66. The monoisotopic (exact) mass is 666 g/mol. The molecule has 1 amide bonds. The van der Waals surface area contributed by atoms with E-state index in [-0.39, 0.29) is 5.91 Å². The molecule has 7 rings (SSSR count). The van der Waals surface area contributed by atoms with E-state index in [4.69, 9.17) is 24.4 Å². The first-order chi connectivity index (χ1) is 24.6. The molecule has 0 saturated carbocycles. The van der Waals surface area contributed by atoms with E-state index in [1.165, 1.54) is 6.08 Å². The van der Waals surface area contributed by atoms with Crippen LogP contribution in [0.3, 0.4) is 0 Å². The highest BCUT2D eigenvalue weighted by molar-refractivity contribution is 5.99. The van der Waals surface area contributed by atoms with Crippen molar-refractivity contribution in [2.45, 2.75) is 13.1 Å². The summed E-state index contributed by atoms with van der Waals surface area (Å²) in [5.41, 5.74) is 6.69. The lowest BCUT2D eigenvalue weighted by atomic mass is 10.1. The van der Waals surface area contributed by atoms with Crippen molar-refractivity contribution in [3.63, 3.8) is 0 Å². The number of carbonyl (C=O) groups is 1. The third kappa shape index (κ3) is 7.27. The van der Waals surface area contributed by atoms with Crippen LogP contribution in [0.5, 0.6) is 5.75 Å². The average molecular weight is 667 g/mol. The third-order valence-corrected chi connectivity index (χ3v) is 8.49. The summed E-state index contributed by atoms with van der Waals surface area (Å²) < 4.78 is 13.3. The summed E-state index contributed by atoms with van der Waals surface area (Å²) in [5, 5.41) is 6.30. The molecule has 6 aromatic rings. The number of methoxy groups -OCH3 is 1. The van der Waals surface area contributed by atoms with Crippen molar-refractivity contribution in [3.8, 4) is 11.4 Å². The molecule has 0 atom stereocenters. The maximum Gasteiger partial charge on any atom is 0.247 e. The number of hydrogen-bond acceptors (Lipinski definition) is 9. The Kier molecular flexibility index (Phi) is 9.65. The third-order valence-electron chi connectivity index (χ3n) is 8.49. The fraction of sp³-hybridized carbons (Fsp3) is 0.179. The molecule has 0 bridgehead atoms. The minimum Gasteiger partial charge on any atom is -0.494 e. The van der Waals surface area contributed by atoms with Gasteiger partial charge in [-0.3, -0.25) is 9.36 Å². The molecule has 1 fully saturated rings. The Balaban J connectivity index is 1.34. The SMILES string of the molecule is C=CC(=O)Nc1cccc(-n2cnc3c(N(Cc4ccccc4)Cc4ccccc4)nc(Nc4ccc(N5CCOCC5)cc4OC)nc32)c1. The van der Waals surface area contributed by atoms with Gasteiger partial charge in [-0.05, 0) is 47.5 Å². The van der Waals surface area contributed by atoms with E-state index < -0.39 is 0 Å². The highest BCUT2D eigenvalue weighted by Gasteiger charge is 2.22. The number of ether oxygens (including phenoxy) is 2. The maximum atomic E-state index is 12.1. The fourth-order valence-corrected chi connectivity index (χ4v) is 6.01. The van der Waals surface area contributed by atoms with Crippen molar-refractivity contribution in [2.75, 3.05) is 53.8 Å². The van der Waals surface area contributed by atoms with E-state index in [0.29, 0.717) is 60.7 Å². The van der Waals surface area contributed by atoms with E-state index in [0.717, 1.165) is 41.3 Å². The Morgan fingerprint density at radius 2 is 1.62 bits per heavy atom. The zero-order valence-electron chi connectivity index (χ0n) is 27.8. The van der Waals surface area contributed by atoms with Crippen LogP contribution in [0.1, 0.15) is 11.1 Å². The fourth-order valence-electron chi connectivity index (χ4n) is 6.01. The van der Waals surface area contributed by atoms with Crippen LogP contribution in [0.15, 0.2) is 122 Å². The number of hydrogen-bond donors (Lipinski definition) is 2. The Labute approximate surface area is 290 Å². The number of rotatable bonds is 12. The molecular weight excluding hydrogens is 628 g/mol. The molecule has 2 aromatic heterocycles. The van der Waals surface area contributed by atoms with Gasteiger partial charge in [0.2, 0.25) is 11.9 Å². The molecule has 0 radical (unpaired) electrons. The van der Waals surface area contributed by atoms with Crippen molar-refractivity contribution in [1.29, 1.82) is 0 Å². The summed E-state index contributed by atoms with van der Waals surface area (Å²) in [4.78, 5) is 31.6. The van der Waals surface area contributed by atoms with Gasteiger partial charge < -0.3 is 29.9 Å². The molecule has 1 aliphatic heterocycles. The Morgan fingerprint density at radius 3 is 2.30 bits per heavy atom. The van der Waals surface area contributed by atoms with Gasteiger partial charge in [0.25, 0.3) is 0 Å². The Bertz CT molecular complexity index is 2050. The van der Waals surface area contributed by atoms with Crippen LogP contribution in [0.2, 0.25) is 0 Å². The number of anilines is 5. The predicted octanol–water partition coefficient (Wildman–Crippen LogP) is 6.74. The van der Waals surface area contributed by atoms with Gasteiger partial charge in [-0.15, -0.1) is 0 Å². The molecule has 0 aliphatic carbocycles. The van der Waals surface area contributed by atoms with Gasteiger partial charge in [-0.2, -0.15) is 9.97 Å². The van der Waals surface area contributed by atoms with Crippen LogP contribution in [-0.2, 0) is 22.6 Å². The lowest BCUT2D eigenvalue weighted by Crippen LogP contribution is -2.36. The van der Waals surface area contributed by atoms with Gasteiger partial charge in [0.1, 0.15) is 12.1 Å². The van der Waals surface area contributed by atoms with Gasteiger partial charge in [0.05, 0.1) is 31.7 Å². The maximum absolute atomic E-state index is 12.1. The molecule has 0 unspecified atom stereocenters. The molecule has 1 saturated heterocycles. The lowest BCUT2D eigenvalue weighted by molar-refractivity contribution is -0.111. The normalized spacial score (nSPS) is 12.8. The number of benzene rings is 4. The lowest BCUT2D eigenvalue weighted by Gasteiger charge is -2.29. The highest BCUT2D eigenvalue weighted by atomic mass is 16.5. The first kappa shape index (κ1) is 32.4. The van der Waals surface area contributed by atoms with Gasteiger partial charge >= 0.3 is 0 Å². The summed E-state index contributed by atoms with van der Waals surface area (Å²) in [6, 6.07) is 34.2. The molecule has 11 nitrogen and oxygen atoms in total. The molecule has 50 heavy (non-hydrogen) atoms. The number of imidazole rings is 1. The number of fused-ring (bicyclic) bond motifs is 1. The standard InChI is InChI=1S/C39H38N8O3/c1-3-35(48)41-30-15-10-16-32(23-30)47-27-40-36-37(46(25-28-11-6-4-7-12-28)26-29-13-8-5-9-14-29)43-39(44-38(36)47)42-33-18-17-31(24-34(33)49-2)45-19-21-50-22-20-45/h3-18,23-24,27H,1,19-22,25-26H2,2H3,(H,41,48)(H,42,43,44). The second kappa shape index (κ2) is 14.9. The first-order valence-corrected chi connectivity index (χ1v) is 16.5. The quantitative estimate of drug-likeness (QED) is 0.137. The summed E-state index contributed by atoms with van der Waals surface area (Å²) >= 11 is 0. The van der Waals surface area contributed by atoms with Crippen molar-refractivity contribution >= 4 is 45.9 Å². The number of aromatic nitrogens is 4. The molecule has 0 spiro atoms. The van der Waals surface area contributed by atoms with Crippen molar-refractivity contribution < 1.29 is 14.3 Å². The minimum absolute atomic E-state index is 0.292. The summed E-state index contributed by atoms with van der Waals surface area (Å²) in [6.07, 6.45) is 2.98. The summed E-state index contributed by atoms with van der Waals surface area (Å²) in [5.74, 6) is 1.43. The molecule has 11 heteroatoms. The van der Waals surface area contributed by atoms with Crippen LogP contribution < -0.4 is 25.2 Å². The topological polar surface area (TPSA) is 110 Å². The highest BCUT2D eigenvalue weighted by Crippen LogP contribution is 2.34. The number of carbonyl (C=O) groups excluding carboxylic acids is 1. The molecule has 3 heterocycles. The summed E-state index contributed by atoms with van der Waals surface area (Å²) in [6.45, 7) is 7.78. The number of morpholine rings is 1. The largest absolute Gasteiger partial charge is 0.494 e. The van der Waals surface area contributed by atoms with Crippen LogP contribution >= 0.6 is 0 Å². The molecule has 252 valence electrons. The van der Waals surface area contributed by atoms with Crippen LogP contribution in [0, 0.1) is 0 Å². The van der Waals surface area contributed by atoms with Gasteiger partial charge in [0, 0.05) is 43.6 Å². The zero-order valence-corrected chi connectivity index (χ0v) is 27.8. The van der Waals surface area contributed by atoms with E-state index in [9.17, 15) is 4.79 Å². The van der Waals surface area contributed by atoms with Crippen LogP contribution in [-0.4, -0.2) is 58.8 Å². The van der Waals surface area contributed by atoms with E-state index in [1.807, 2.05) is 77.4 Å². The van der Waals surface area contributed by atoms with E-state index >= 15 is 0 Å². The van der Waals surface area contributed by atoms with Gasteiger partial charge in [-0.1, -0.05) is 73.3 Å². The second-order valence-corrected chi connectivity index (χ2v) is 11.8. The average Bonchev–Trinajstić information content (AvgIpc) is 3.60. The molecular formula is C39H38N8O3. The van der Waals surface area contributed by atoms with Crippen molar-refractivity contribution in [3.05, 3.63) is 133 Å². The number of nitrogens with one attached hydrogen (secondary N) is 2. The minimum atomic E-state index is -0.292. The van der Waals surface area contributed by atoms with Crippen molar-refractivity contribution in [1.82, 2.24) is 19.5 Å². The first-order valence-electron chi connectivity index (χ1n) is 16.5.